The standard InChI is InChI=1S/C9H14N2OS/c1-11(2)8(6-10-7-12)9-4-3-5-13-9/h3-5,7-8H,6H2,1-2H3,(H,10,12). The van der Waals surface area contributed by atoms with Gasteiger partial charge in [0.1, 0.15) is 0 Å². The van der Waals surface area contributed by atoms with Gasteiger partial charge in [0.15, 0.2) is 0 Å². The van der Waals surface area contributed by atoms with Crippen molar-refractivity contribution in [1.82, 2.24) is 10.2 Å². The number of nitrogens with zero attached hydrogens (tertiary/aromatic N) is 1. The highest BCUT2D eigenvalue weighted by Crippen LogP contribution is 2.21. The first-order valence-corrected chi connectivity index (χ1v) is 5.00. The van der Waals surface area contributed by atoms with Crippen LogP contribution in [0.1, 0.15) is 10.9 Å². The molecule has 0 radical (unpaired) electrons. The summed E-state index contributed by atoms with van der Waals surface area (Å²) in [6.07, 6.45) is 0.740. The molecule has 1 atom stereocenters. The molecule has 1 heterocycles. The molecule has 1 aromatic rings. The average molecular weight is 198 g/mol. The summed E-state index contributed by atoms with van der Waals surface area (Å²) in [7, 11) is 4.02. The molecule has 3 nitrogen and oxygen atoms in total. The van der Waals surface area contributed by atoms with E-state index in [1.54, 1.807) is 11.3 Å². The average Bonchev–Trinajstić information content (AvgIpc) is 2.57. The summed E-state index contributed by atoms with van der Waals surface area (Å²) in [5.74, 6) is 0. The molecule has 0 aliphatic heterocycles. The van der Waals surface area contributed by atoms with E-state index in [9.17, 15) is 4.79 Å². The number of carbonyl (C=O) groups excluding carboxylic acids is 1. The van der Waals surface area contributed by atoms with Gasteiger partial charge in [-0.25, -0.2) is 0 Å². The molecular weight excluding hydrogens is 184 g/mol. The van der Waals surface area contributed by atoms with E-state index in [1.165, 1.54) is 4.88 Å². The van der Waals surface area contributed by atoms with E-state index in [-0.39, 0.29) is 6.04 Å². The van der Waals surface area contributed by atoms with Crippen LogP contribution in [-0.4, -0.2) is 32.0 Å². The van der Waals surface area contributed by atoms with Crippen LogP contribution in [-0.2, 0) is 4.79 Å². The normalized spacial score (nSPS) is 12.8. The first kappa shape index (κ1) is 10.2. The molecule has 1 amide bonds. The molecule has 1 unspecified atom stereocenters. The lowest BCUT2D eigenvalue weighted by atomic mass is 10.2. The van der Waals surface area contributed by atoms with Crippen molar-refractivity contribution in [3.05, 3.63) is 22.4 Å². The Hall–Kier alpha value is -0.870. The van der Waals surface area contributed by atoms with E-state index >= 15 is 0 Å². The monoisotopic (exact) mass is 198 g/mol. The summed E-state index contributed by atoms with van der Waals surface area (Å²) in [5, 5.41) is 4.75. The molecule has 4 heteroatoms. The Kier molecular flexibility index (Phi) is 3.92. The molecule has 0 aliphatic carbocycles. The van der Waals surface area contributed by atoms with Gasteiger partial charge in [0.25, 0.3) is 0 Å². The van der Waals surface area contributed by atoms with Crippen molar-refractivity contribution in [1.29, 1.82) is 0 Å². The highest BCUT2D eigenvalue weighted by molar-refractivity contribution is 7.10. The molecule has 0 spiro atoms. The fraction of sp³-hybridized carbons (Fsp3) is 0.444. The van der Waals surface area contributed by atoms with Crippen molar-refractivity contribution in [2.45, 2.75) is 6.04 Å². The highest BCUT2D eigenvalue weighted by atomic mass is 32.1. The van der Waals surface area contributed by atoms with Gasteiger partial charge in [-0.2, -0.15) is 0 Å². The highest BCUT2D eigenvalue weighted by Gasteiger charge is 2.13. The maximum Gasteiger partial charge on any atom is 0.207 e. The topological polar surface area (TPSA) is 32.3 Å². The third kappa shape index (κ3) is 2.82. The Morgan fingerprint density at radius 2 is 2.46 bits per heavy atom. The molecule has 13 heavy (non-hydrogen) atoms. The van der Waals surface area contributed by atoms with Crippen LogP contribution in [0.2, 0.25) is 0 Å². The van der Waals surface area contributed by atoms with Gasteiger partial charge in [0.2, 0.25) is 6.41 Å². The summed E-state index contributed by atoms with van der Waals surface area (Å²) in [6, 6.07) is 4.39. The summed E-state index contributed by atoms with van der Waals surface area (Å²) in [6.45, 7) is 0.664. The lowest BCUT2D eigenvalue weighted by Gasteiger charge is -2.22. The third-order valence-corrected chi connectivity index (χ3v) is 2.86. The Morgan fingerprint density at radius 1 is 1.69 bits per heavy atom. The van der Waals surface area contributed by atoms with Crippen molar-refractivity contribution in [2.24, 2.45) is 0 Å². The largest absolute Gasteiger partial charge is 0.357 e. The van der Waals surface area contributed by atoms with Crippen LogP contribution >= 0.6 is 11.3 Å². The molecule has 0 bridgehead atoms. The zero-order valence-electron chi connectivity index (χ0n) is 7.86. The number of hydrogen-bond donors (Lipinski definition) is 1. The Labute approximate surface area is 82.4 Å². The second-order valence-electron chi connectivity index (χ2n) is 3.02. The van der Waals surface area contributed by atoms with Gasteiger partial charge in [-0.3, -0.25) is 4.79 Å². The van der Waals surface area contributed by atoms with Crippen LogP contribution < -0.4 is 5.32 Å². The van der Waals surface area contributed by atoms with E-state index < -0.39 is 0 Å². The maximum absolute atomic E-state index is 10.2. The van der Waals surface area contributed by atoms with Gasteiger partial charge in [-0.1, -0.05) is 6.07 Å². The smallest absolute Gasteiger partial charge is 0.207 e. The molecule has 0 fully saturated rings. The molecule has 0 aliphatic rings. The van der Waals surface area contributed by atoms with Crippen LogP contribution in [0, 0.1) is 0 Å². The predicted molar refractivity (Wildman–Crippen MR) is 54.8 cm³/mol. The second-order valence-corrected chi connectivity index (χ2v) is 4.00. The van der Waals surface area contributed by atoms with Crippen molar-refractivity contribution in [2.75, 3.05) is 20.6 Å². The number of likely N-dealkylation sites (N-methyl/N-ethyl adjacent to an activating group) is 1. The lowest BCUT2D eigenvalue weighted by molar-refractivity contribution is -0.109. The minimum atomic E-state index is 0.283. The number of thiophene rings is 1. The van der Waals surface area contributed by atoms with Gasteiger partial charge in [-0.15, -0.1) is 11.3 Å². The molecule has 0 saturated carbocycles. The molecule has 0 saturated heterocycles. The zero-order chi connectivity index (χ0) is 9.68. The maximum atomic E-state index is 10.2. The Morgan fingerprint density at radius 3 is 2.92 bits per heavy atom. The predicted octanol–water partition coefficient (Wildman–Crippen LogP) is 1.10. The molecule has 1 rings (SSSR count). The Balaban J connectivity index is 2.63. The summed E-state index contributed by atoms with van der Waals surface area (Å²) in [5.41, 5.74) is 0. The molecule has 72 valence electrons. The van der Waals surface area contributed by atoms with Crippen LogP contribution in [0.25, 0.3) is 0 Å². The molecule has 0 aromatic carbocycles. The lowest BCUT2D eigenvalue weighted by Crippen LogP contribution is -2.29. The minimum Gasteiger partial charge on any atom is -0.357 e. The zero-order valence-corrected chi connectivity index (χ0v) is 8.67. The van der Waals surface area contributed by atoms with Crippen molar-refractivity contribution < 1.29 is 4.79 Å². The van der Waals surface area contributed by atoms with Crippen LogP contribution in [0.15, 0.2) is 17.5 Å². The van der Waals surface area contributed by atoms with Gasteiger partial charge in [0.05, 0.1) is 6.04 Å². The van der Waals surface area contributed by atoms with Crippen molar-refractivity contribution in [3.8, 4) is 0 Å². The van der Waals surface area contributed by atoms with Gasteiger partial charge >= 0.3 is 0 Å². The number of nitrogens with one attached hydrogen (secondary N) is 1. The van der Waals surface area contributed by atoms with Crippen LogP contribution in [0.3, 0.4) is 0 Å². The molecule has 1 N–H and O–H groups in total. The number of carbonyl (C=O) groups is 1. The summed E-state index contributed by atoms with van der Waals surface area (Å²) < 4.78 is 0. The molecule has 1 aromatic heterocycles. The minimum absolute atomic E-state index is 0.283. The second kappa shape index (κ2) is 4.99. The van der Waals surface area contributed by atoms with Crippen molar-refractivity contribution in [3.63, 3.8) is 0 Å². The van der Waals surface area contributed by atoms with Crippen molar-refractivity contribution >= 4 is 17.7 Å². The van der Waals surface area contributed by atoms with Gasteiger partial charge in [0, 0.05) is 11.4 Å². The van der Waals surface area contributed by atoms with E-state index in [1.807, 2.05) is 25.5 Å². The summed E-state index contributed by atoms with van der Waals surface area (Å²) in [4.78, 5) is 13.6. The molecular formula is C9H14N2OS. The summed E-state index contributed by atoms with van der Waals surface area (Å²) >= 11 is 1.71. The van der Waals surface area contributed by atoms with Crippen LogP contribution in [0.4, 0.5) is 0 Å². The van der Waals surface area contributed by atoms with E-state index in [0.29, 0.717) is 6.54 Å². The van der Waals surface area contributed by atoms with Gasteiger partial charge < -0.3 is 10.2 Å². The quantitative estimate of drug-likeness (QED) is 0.718. The van der Waals surface area contributed by atoms with Crippen LogP contribution in [0.5, 0.6) is 0 Å². The first-order chi connectivity index (χ1) is 6.25. The number of hydrogen-bond acceptors (Lipinski definition) is 3. The fourth-order valence-corrected chi connectivity index (χ4v) is 2.10. The number of rotatable bonds is 5. The van der Waals surface area contributed by atoms with Gasteiger partial charge in [-0.05, 0) is 25.5 Å². The Bertz CT molecular complexity index is 246. The SMILES string of the molecule is CN(C)C(CNC=O)c1cccs1. The fourth-order valence-electron chi connectivity index (χ4n) is 1.18. The van der Waals surface area contributed by atoms with E-state index in [0.717, 1.165) is 6.41 Å². The third-order valence-electron chi connectivity index (χ3n) is 1.89. The van der Waals surface area contributed by atoms with E-state index in [4.69, 9.17) is 0 Å². The van der Waals surface area contributed by atoms with E-state index in [2.05, 4.69) is 16.3 Å². The first-order valence-electron chi connectivity index (χ1n) is 4.12. The number of amides is 1.